The molecular formula is C11H7N2OS-. The van der Waals surface area contributed by atoms with Gasteiger partial charge in [0.25, 0.3) is 0 Å². The summed E-state index contributed by atoms with van der Waals surface area (Å²) in [5.74, 6) is 0.680. The Hall–Kier alpha value is -1.68. The zero-order chi connectivity index (χ0) is 10.4. The van der Waals surface area contributed by atoms with Gasteiger partial charge in [0.1, 0.15) is 16.9 Å². The molecule has 0 aliphatic rings. The molecule has 0 saturated heterocycles. The Bertz CT molecular complexity index is 660. The van der Waals surface area contributed by atoms with Gasteiger partial charge >= 0.3 is 0 Å². The summed E-state index contributed by atoms with van der Waals surface area (Å²) in [6, 6.07) is 7.76. The maximum absolute atomic E-state index is 5.61. The van der Waals surface area contributed by atoms with E-state index in [1.54, 1.807) is 0 Å². The van der Waals surface area contributed by atoms with Gasteiger partial charge in [-0.1, -0.05) is 12.1 Å². The zero-order valence-corrected chi connectivity index (χ0v) is 8.84. The molecule has 3 aromatic rings. The molecule has 0 aliphatic carbocycles. The van der Waals surface area contributed by atoms with Gasteiger partial charge in [0.2, 0.25) is 0 Å². The number of furan rings is 1. The van der Waals surface area contributed by atoms with Gasteiger partial charge in [-0.3, -0.25) is 4.98 Å². The summed E-state index contributed by atoms with van der Waals surface area (Å²) >= 11 is 5.14. The van der Waals surface area contributed by atoms with E-state index in [-0.39, 0.29) is 0 Å². The van der Waals surface area contributed by atoms with E-state index in [0.29, 0.717) is 16.4 Å². The van der Waals surface area contributed by atoms with Crippen LogP contribution in [-0.4, -0.2) is 9.97 Å². The summed E-state index contributed by atoms with van der Waals surface area (Å²) in [5.41, 5.74) is 2.22. The Morgan fingerprint density at radius 3 is 2.87 bits per heavy atom. The maximum Gasteiger partial charge on any atom is 0.152 e. The van der Waals surface area contributed by atoms with Crippen molar-refractivity contribution >= 4 is 34.7 Å². The van der Waals surface area contributed by atoms with Crippen molar-refractivity contribution in [2.45, 2.75) is 11.9 Å². The van der Waals surface area contributed by atoms with Gasteiger partial charge in [-0.15, -0.1) is 0 Å². The number of fused-ring (bicyclic) bond motifs is 3. The third-order valence-electron chi connectivity index (χ3n) is 2.30. The molecule has 1 aromatic carbocycles. The summed E-state index contributed by atoms with van der Waals surface area (Å²) in [7, 11) is 0. The Kier molecular flexibility index (Phi) is 1.67. The molecule has 0 aliphatic heterocycles. The largest absolute Gasteiger partial charge is 0.756 e. The van der Waals surface area contributed by atoms with Crippen LogP contribution in [0.4, 0.5) is 0 Å². The first-order valence-electron chi connectivity index (χ1n) is 4.58. The van der Waals surface area contributed by atoms with Crippen LogP contribution in [0.2, 0.25) is 0 Å². The second kappa shape index (κ2) is 2.90. The van der Waals surface area contributed by atoms with Gasteiger partial charge in [0.05, 0.1) is 0 Å². The number of benzene rings is 1. The molecule has 0 bridgehead atoms. The first-order chi connectivity index (χ1) is 7.25. The SMILES string of the molecule is Cc1nc([S-])c2oc3ccccc3c2n1. The molecule has 3 nitrogen and oxygen atoms in total. The van der Waals surface area contributed by atoms with Crippen LogP contribution in [0.25, 0.3) is 22.1 Å². The Labute approximate surface area is 91.5 Å². The van der Waals surface area contributed by atoms with E-state index < -0.39 is 0 Å². The molecule has 2 aromatic heterocycles. The highest BCUT2D eigenvalue weighted by atomic mass is 32.1. The van der Waals surface area contributed by atoms with Crippen molar-refractivity contribution in [3.63, 3.8) is 0 Å². The van der Waals surface area contributed by atoms with E-state index in [2.05, 4.69) is 9.97 Å². The minimum atomic E-state index is 0.480. The normalized spacial score (nSPS) is 11.3. The predicted octanol–water partition coefficient (Wildman–Crippen LogP) is 2.59. The molecule has 0 radical (unpaired) electrons. The van der Waals surface area contributed by atoms with Crippen LogP contribution in [0.3, 0.4) is 0 Å². The Morgan fingerprint density at radius 2 is 2.00 bits per heavy atom. The number of para-hydroxylation sites is 1. The Morgan fingerprint density at radius 1 is 1.20 bits per heavy atom. The molecule has 0 amide bonds. The van der Waals surface area contributed by atoms with Crippen LogP contribution in [0, 0.1) is 6.92 Å². The maximum atomic E-state index is 5.61. The van der Waals surface area contributed by atoms with E-state index in [4.69, 9.17) is 17.0 Å². The third-order valence-corrected chi connectivity index (χ3v) is 2.58. The lowest BCUT2D eigenvalue weighted by molar-refractivity contribution is 0.652. The van der Waals surface area contributed by atoms with E-state index in [1.165, 1.54) is 0 Å². The van der Waals surface area contributed by atoms with Gasteiger partial charge < -0.3 is 17.0 Å². The number of hydrogen-bond acceptors (Lipinski definition) is 4. The number of aryl methyl sites for hydroxylation is 1. The molecule has 0 unspecified atom stereocenters. The molecule has 0 N–H and O–H groups in total. The van der Waals surface area contributed by atoms with E-state index in [1.807, 2.05) is 31.2 Å². The lowest BCUT2D eigenvalue weighted by Gasteiger charge is -2.04. The average molecular weight is 215 g/mol. The van der Waals surface area contributed by atoms with E-state index >= 15 is 0 Å². The molecule has 0 saturated carbocycles. The lowest BCUT2D eigenvalue weighted by atomic mass is 10.2. The van der Waals surface area contributed by atoms with E-state index in [0.717, 1.165) is 16.5 Å². The lowest BCUT2D eigenvalue weighted by Crippen LogP contribution is -1.89. The highest BCUT2D eigenvalue weighted by Crippen LogP contribution is 2.28. The fourth-order valence-electron chi connectivity index (χ4n) is 1.67. The van der Waals surface area contributed by atoms with Crippen LogP contribution in [0.15, 0.2) is 33.7 Å². The monoisotopic (exact) mass is 215 g/mol. The predicted molar refractivity (Wildman–Crippen MR) is 59.7 cm³/mol. The van der Waals surface area contributed by atoms with Crippen LogP contribution >= 0.6 is 0 Å². The second-order valence-electron chi connectivity index (χ2n) is 3.35. The van der Waals surface area contributed by atoms with Crippen LogP contribution in [0.1, 0.15) is 5.82 Å². The smallest absolute Gasteiger partial charge is 0.152 e. The summed E-state index contributed by atoms with van der Waals surface area (Å²) in [6.45, 7) is 1.83. The first kappa shape index (κ1) is 8.61. The van der Waals surface area contributed by atoms with Gasteiger partial charge in [-0.05, 0) is 24.1 Å². The van der Waals surface area contributed by atoms with Crippen molar-refractivity contribution in [1.29, 1.82) is 0 Å². The Balaban J connectivity index is 2.61. The van der Waals surface area contributed by atoms with Crippen LogP contribution in [-0.2, 0) is 12.6 Å². The molecule has 74 valence electrons. The van der Waals surface area contributed by atoms with Gasteiger partial charge in [-0.25, -0.2) is 4.98 Å². The van der Waals surface area contributed by atoms with E-state index in [9.17, 15) is 0 Å². The zero-order valence-electron chi connectivity index (χ0n) is 8.02. The summed E-state index contributed by atoms with van der Waals surface area (Å²) < 4.78 is 5.61. The summed E-state index contributed by atoms with van der Waals surface area (Å²) in [4.78, 5) is 8.46. The van der Waals surface area contributed by atoms with Crippen molar-refractivity contribution in [2.24, 2.45) is 0 Å². The van der Waals surface area contributed by atoms with Gasteiger partial charge in [0.15, 0.2) is 5.58 Å². The van der Waals surface area contributed by atoms with Crippen molar-refractivity contribution < 1.29 is 4.42 Å². The first-order valence-corrected chi connectivity index (χ1v) is 4.99. The van der Waals surface area contributed by atoms with Crippen molar-refractivity contribution in [3.05, 3.63) is 30.1 Å². The molecular weight excluding hydrogens is 208 g/mol. The standard InChI is InChI=1S/C11H8N2OS/c1-6-12-9-7-4-2-3-5-8(7)14-10(9)11(15)13-6/h2-5H,1H3,(H,12,13,15)/p-1. The molecule has 0 spiro atoms. The minimum absolute atomic E-state index is 0.480. The highest BCUT2D eigenvalue weighted by molar-refractivity contribution is 7.58. The fraction of sp³-hybridized carbons (Fsp3) is 0.0909. The third kappa shape index (κ3) is 1.18. The highest BCUT2D eigenvalue weighted by Gasteiger charge is 2.08. The van der Waals surface area contributed by atoms with Crippen molar-refractivity contribution in [1.82, 2.24) is 9.97 Å². The quantitative estimate of drug-likeness (QED) is 0.427. The molecule has 2 heterocycles. The minimum Gasteiger partial charge on any atom is -0.756 e. The fourth-order valence-corrected chi connectivity index (χ4v) is 1.94. The van der Waals surface area contributed by atoms with Crippen molar-refractivity contribution in [3.8, 4) is 0 Å². The topological polar surface area (TPSA) is 38.9 Å². The van der Waals surface area contributed by atoms with Gasteiger partial charge in [-0.2, -0.15) is 0 Å². The summed E-state index contributed by atoms with van der Waals surface area (Å²) in [5, 5.41) is 1.47. The van der Waals surface area contributed by atoms with Crippen LogP contribution in [0.5, 0.6) is 0 Å². The van der Waals surface area contributed by atoms with Gasteiger partial charge in [0, 0.05) is 5.39 Å². The summed E-state index contributed by atoms with van der Waals surface area (Å²) in [6.07, 6.45) is 0. The van der Waals surface area contributed by atoms with Crippen molar-refractivity contribution in [2.75, 3.05) is 0 Å². The molecule has 3 rings (SSSR count). The second-order valence-corrected chi connectivity index (χ2v) is 3.74. The average Bonchev–Trinajstić information content (AvgIpc) is 2.57. The number of rotatable bonds is 0. The van der Waals surface area contributed by atoms with Crippen LogP contribution < -0.4 is 0 Å². The molecule has 0 fully saturated rings. The molecule has 0 atom stereocenters. The molecule has 4 heteroatoms. The molecule has 15 heavy (non-hydrogen) atoms. The number of nitrogens with zero attached hydrogens (tertiary/aromatic N) is 2. The number of aromatic nitrogens is 2. The number of hydrogen-bond donors (Lipinski definition) is 0.